The lowest BCUT2D eigenvalue weighted by molar-refractivity contribution is -0.139. The van der Waals surface area contributed by atoms with Crippen molar-refractivity contribution < 1.29 is 24.3 Å². The first kappa shape index (κ1) is 36.7. The van der Waals surface area contributed by atoms with Gasteiger partial charge in [-0.15, -0.1) is 22.7 Å². The standard InChI is InChI=1S/C38H46N8O5S2/c1-19(2)33(40-21(5)48)37(50)45-12-6-8-26(45)35-39-17-25(43-35)29-16-31-30(53-29)15-28(52-31)22-10-11-23-24(14-22)42-36(41-23)27-9-7-13-46(27)38(51)34(20(3)4)44-32(49)18-47/h10-11,14-17,19-20,26-27,33-34,47H,6-9,12-13,18H2,1-5H3,(H,39,43)(H,40,48)(H,41,42)(H,44,49)/t26-,27?,33-,34-/m1/s1. The summed E-state index contributed by atoms with van der Waals surface area (Å²) in [4.78, 5) is 73.3. The molecule has 2 aliphatic heterocycles. The second-order valence-corrected chi connectivity index (χ2v) is 16.9. The number of likely N-dealkylation sites (tertiary alicyclic amines) is 2. The number of rotatable bonds is 11. The number of aromatic amines is 2. The number of thiophene rings is 2. The predicted molar refractivity (Wildman–Crippen MR) is 206 cm³/mol. The van der Waals surface area contributed by atoms with E-state index in [4.69, 9.17) is 9.97 Å². The fourth-order valence-corrected chi connectivity index (χ4v) is 9.89. The Hall–Kier alpha value is -4.60. The summed E-state index contributed by atoms with van der Waals surface area (Å²) in [7, 11) is 0. The van der Waals surface area contributed by atoms with Gasteiger partial charge in [-0.2, -0.15) is 0 Å². The third kappa shape index (κ3) is 7.34. The molecule has 0 bridgehead atoms. The lowest BCUT2D eigenvalue weighted by Gasteiger charge is -2.30. The maximum absolute atomic E-state index is 13.6. The zero-order chi connectivity index (χ0) is 37.6. The Balaban J connectivity index is 1.07. The molecular weight excluding hydrogens is 713 g/mol. The average molecular weight is 759 g/mol. The number of nitrogens with one attached hydrogen (secondary N) is 4. The number of H-pyrrole nitrogens is 2. The van der Waals surface area contributed by atoms with Crippen molar-refractivity contribution >= 4 is 66.7 Å². The van der Waals surface area contributed by atoms with Crippen molar-refractivity contribution in [1.82, 2.24) is 40.4 Å². The van der Waals surface area contributed by atoms with E-state index in [1.165, 1.54) is 16.3 Å². The number of hydrogen-bond acceptors (Lipinski definition) is 9. The maximum Gasteiger partial charge on any atom is 0.246 e. The number of nitrogens with zero attached hydrogens (tertiary/aromatic N) is 4. The Bertz CT molecular complexity index is 2130. The number of aromatic nitrogens is 4. The Morgan fingerprint density at radius 1 is 0.849 bits per heavy atom. The van der Waals surface area contributed by atoms with E-state index in [1.807, 2.05) is 44.9 Å². The molecule has 4 atom stereocenters. The van der Waals surface area contributed by atoms with Crippen molar-refractivity contribution in [1.29, 1.82) is 0 Å². The van der Waals surface area contributed by atoms with Gasteiger partial charge in [0.25, 0.3) is 0 Å². The highest BCUT2D eigenvalue weighted by Gasteiger charge is 2.38. The van der Waals surface area contributed by atoms with Gasteiger partial charge in [-0.1, -0.05) is 33.8 Å². The summed E-state index contributed by atoms with van der Waals surface area (Å²) < 4.78 is 2.34. The van der Waals surface area contributed by atoms with E-state index in [1.54, 1.807) is 27.6 Å². The molecule has 2 saturated heterocycles. The zero-order valence-electron chi connectivity index (χ0n) is 30.6. The van der Waals surface area contributed by atoms with E-state index < -0.39 is 24.6 Å². The van der Waals surface area contributed by atoms with Crippen LogP contribution in [0.3, 0.4) is 0 Å². The lowest BCUT2D eigenvalue weighted by Crippen LogP contribution is -2.51. The first-order valence-corrected chi connectivity index (χ1v) is 19.9. The first-order chi connectivity index (χ1) is 25.4. The van der Waals surface area contributed by atoms with Gasteiger partial charge >= 0.3 is 0 Å². The molecule has 5 N–H and O–H groups in total. The zero-order valence-corrected chi connectivity index (χ0v) is 32.2. The number of benzene rings is 1. The molecule has 53 heavy (non-hydrogen) atoms. The predicted octanol–water partition coefficient (Wildman–Crippen LogP) is 5.52. The average Bonchev–Trinajstić information content (AvgIpc) is 3.97. The molecule has 7 rings (SSSR count). The smallest absolute Gasteiger partial charge is 0.246 e. The number of carbonyl (C=O) groups is 4. The van der Waals surface area contributed by atoms with Crippen LogP contribution in [0.15, 0.2) is 36.5 Å². The van der Waals surface area contributed by atoms with E-state index in [-0.39, 0.29) is 41.6 Å². The van der Waals surface area contributed by atoms with Crippen LogP contribution in [0.5, 0.6) is 0 Å². The van der Waals surface area contributed by atoms with Crippen LogP contribution in [0.4, 0.5) is 0 Å². The Kier molecular flexibility index (Phi) is 10.4. The fraction of sp³-hybridized carbons (Fsp3) is 0.474. The number of carbonyl (C=O) groups excluding carboxylic acids is 4. The van der Waals surface area contributed by atoms with Crippen LogP contribution in [-0.2, 0) is 19.2 Å². The molecule has 4 aromatic heterocycles. The van der Waals surface area contributed by atoms with Gasteiger partial charge in [-0.05, 0) is 67.3 Å². The van der Waals surface area contributed by atoms with Crippen molar-refractivity contribution in [2.75, 3.05) is 19.7 Å². The Morgan fingerprint density at radius 3 is 2.08 bits per heavy atom. The van der Waals surface area contributed by atoms with Gasteiger partial charge in [0.1, 0.15) is 30.3 Å². The summed E-state index contributed by atoms with van der Waals surface area (Å²) in [5, 5.41) is 14.8. The quantitative estimate of drug-likeness (QED) is 0.118. The number of fused-ring (bicyclic) bond motifs is 2. The normalized spacial score (nSPS) is 18.8. The van der Waals surface area contributed by atoms with Crippen LogP contribution >= 0.6 is 22.7 Å². The van der Waals surface area contributed by atoms with E-state index in [0.717, 1.165) is 69.4 Å². The first-order valence-electron chi connectivity index (χ1n) is 18.3. The maximum atomic E-state index is 13.6. The van der Waals surface area contributed by atoms with E-state index >= 15 is 0 Å². The Labute approximate surface area is 315 Å². The molecule has 2 fully saturated rings. The van der Waals surface area contributed by atoms with E-state index in [0.29, 0.717) is 13.1 Å². The summed E-state index contributed by atoms with van der Waals surface area (Å²) in [5.41, 5.74) is 3.70. The lowest BCUT2D eigenvalue weighted by atomic mass is 10.0. The van der Waals surface area contributed by atoms with Gasteiger partial charge < -0.3 is 35.5 Å². The van der Waals surface area contributed by atoms with E-state index in [2.05, 4.69) is 44.9 Å². The van der Waals surface area contributed by atoms with Crippen molar-refractivity contribution in [3.8, 4) is 21.0 Å². The summed E-state index contributed by atoms with van der Waals surface area (Å²) >= 11 is 3.41. The molecule has 6 heterocycles. The van der Waals surface area contributed by atoms with Gasteiger partial charge in [-0.25, -0.2) is 9.97 Å². The van der Waals surface area contributed by atoms with Crippen LogP contribution in [0.25, 0.3) is 41.4 Å². The van der Waals surface area contributed by atoms with Crippen LogP contribution in [-0.4, -0.2) is 90.3 Å². The second-order valence-electron chi connectivity index (χ2n) is 14.7. The molecule has 280 valence electrons. The monoisotopic (exact) mass is 758 g/mol. The van der Waals surface area contributed by atoms with Gasteiger partial charge in [0.05, 0.1) is 39.9 Å². The molecule has 0 aliphatic carbocycles. The highest BCUT2D eigenvalue weighted by molar-refractivity contribution is 7.31. The van der Waals surface area contributed by atoms with Crippen molar-refractivity contribution in [3.63, 3.8) is 0 Å². The molecule has 0 saturated carbocycles. The third-order valence-corrected chi connectivity index (χ3v) is 12.6. The minimum absolute atomic E-state index is 0.0262. The highest BCUT2D eigenvalue weighted by Crippen LogP contribution is 2.43. The molecule has 5 aromatic rings. The summed E-state index contributed by atoms with van der Waals surface area (Å²) in [6, 6.07) is 8.90. The van der Waals surface area contributed by atoms with Crippen molar-refractivity contribution in [2.45, 2.75) is 84.5 Å². The minimum Gasteiger partial charge on any atom is -0.387 e. The summed E-state index contributed by atoms with van der Waals surface area (Å²) in [6.07, 6.45) is 5.15. The molecule has 2 aliphatic rings. The molecule has 0 radical (unpaired) electrons. The topological polar surface area (TPSA) is 176 Å². The van der Waals surface area contributed by atoms with Crippen molar-refractivity contribution in [2.24, 2.45) is 11.8 Å². The number of aliphatic hydroxyl groups excluding tert-OH is 1. The number of aliphatic hydroxyl groups is 1. The summed E-state index contributed by atoms with van der Waals surface area (Å²) in [6.45, 7) is 9.64. The van der Waals surface area contributed by atoms with Gasteiger partial charge in [0, 0.05) is 34.3 Å². The molecule has 1 aromatic carbocycles. The van der Waals surface area contributed by atoms with Crippen molar-refractivity contribution in [3.05, 3.63) is 48.2 Å². The molecule has 15 heteroatoms. The summed E-state index contributed by atoms with van der Waals surface area (Å²) in [5.74, 6) is 0.326. The second kappa shape index (κ2) is 15.0. The fourth-order valence-electron chi connectivity index (χ4n) is 7.53. The van der Waals surface area contributed by atoms with Crippen LogP contribution in [0.1, 0.15) is 84.0 Å². The number of imidazole rings is 2. The molecular formula is C38H46N8O5S2. The van der Waals surface area contributed by atoms with Crippen LogP contribution < -0.4 is 10.6 Å². The van der Waals surface area contributed by atoms with Crippen LogP contribution in [0.2, 0.25) is 0 Å². The number of amides is 4. The third-order valence-electron chi connectivity index (χ3n) is 10.2. The molecule has 4 amide bonds. The van der Waals surface area contributed by atoms with Gasteiger partial charge in [0.15, 0.2) is 0 Å². The SMILES string of the molecule is CC(=O)N[C@@H](C(=O)N1CCC[C@@H]1c1ncc(-c2cc3sc(-c4ccc5nc(C6CCCN6C(=O)[C@H](NC(=O)CO)C(C)C)[nH]c5c4)cc3s2)[nH]1)C(C)C. The molecule has 1 unspecified atom stereocenters. The Morgan fingerprint density at radius 2 is 1.45 bits per heavy atom. The largest absolute Gasteiger partial charge is 0.387 e. The van der Waals surface area contributed by atoms with Gasteiger partial charge in [-0.3, -0.25) is 19.2 Å². The van der Waals surface area contributed by atoms with Crippen LogP contribution in [0, 0.1) is 11.8 Å². The number of hydrogen-bond donors (Lipinski definition) is 5. The van der Waals surface area contributed by atoms with Gasteiger partial charge in [0.2, 0.25) is 23.6 Å². The minimum atomic E-state index is -0.720. The molecule has 0 spiro atoms. The van der Waals surface area contributed by atoms with E-state index in [9.17, 15) is 24.3 Å². The highest BCUT2D eigenvalue weighted by atomic mass is 32.1. The molecule has 13 nitrogen and oxygen atoms in total.